The quantitative estimate of drug-likeness (QED) is 0.153. The first kappa shape index (κ1) is 45.8. The number of nitrogens with zero attached hydrogens (tertiary/aromatic N) is 2. The Morgan fingerprint density at radius 2 is 1.68 bits per heavy atom. The number of hydrogen-bond donors (Lipinski definition) is 4. The Morgan fingerprint density at radius 1 is 1.08 bits per heavy atom. The summed E-state index contributed by atoms with van der Waals surface area (Å²) in [6.07, 6.45) is 4.80. The third-order valence-corrected chi connectivity index (χ3v) is 11.2. The lowest BCUT2D eigenvalue weighted by atomic mass is 9.87. The molecule has 1 heterocycles. The van der Waals surface area contributed by atoms with Crippen molar-refractivity contribution in [3.63, 3.8) is 0 Å². The number of aliphatic carboxylic acids is 1. The minimum absolute atomic E-state index is 0.110. The van der Waals surface area contributed by atoms with Gasteiger partial charge in [-0.15, -0.1) is 0 Å². The Kier molecular flexibility index (Phi) is 17.6. The van der Waals surface area contributed by atoms with Gasteiger partial charge >= 0.3 is 5.97 Å². The Balaban J connectivity index is 0.000000367. The molecule has 1 saturated carbocycles. The number of methoxy groups -OCH3 is 2. The van der Waals surface area contributed by atoms with Crippen LogP contribution in [0.5, 0.6) is 0 Å². The van der Waals surface area contributed by atoms with Gasteiger partial charge in [-0.1, -0.05) is 71.4 Å². The molecule has 0 bridgehead atoms. The second-order valence-corrected chi connectivity index (χ2v) is 15.9. The van der Waals surface area contributed by atoms with Gasteiger partial charge in [0.1, 0.15) is 18.4 Å². The first-order valence-electron chi connectivity index (χ1n) is 19.0. The van der Waals surface area contributed by atoms with Crippen molar-refractivity contribution in [2.24, 2.45) is 23.5 Å². The van der Waals surface area contributed by atoms with Crippen molar-refractivity contribution >= 4 is 30.0 Å². The molecule has 0 spiro atoms. The third kappa shape index (κ3) is 11.8. The van der Waals surface area contributed by atoms with Crippen molar-refractivity contribution in [2.75, 3.05) is 34.9 Å². The molecule has 13 nitrogen and oxygen atoms in total. The number of nitrogens with two attached hydrogens (primary N) is 1. The predicted octanol–water partition coefficient (Wildman–Crippen LogP) is 3.37. The molecule has 3 rings (SSSR count). The molecule has 1 saturated heterocycles. The van der Waals surface area contributed by atoms with E-state index in [4.69, 9.17) is 15.2 Å². The van der Waals surface area contributed by atoms with Gasteiger partial charge in [-0.3, -0.25) is 14.4 Å². The zero-order valence-electron chi connectivity index (χ0n) is 33.9. The predicted molar refractivity (Wildman–Crippen MR) is 205 cm³/mol. The van der Waals surface area contributed by atoms with E-state index in [-0.39, 0.29) is 54.2 Å². The summed E-state index contributed by atoms with van der Waals surface area (Å²) in [6, 6.07) is 7.93. The number of rotatable bonds is 19. The van der Waals surface area contributed by atoms with E-state index in [9.17, 15) is 29.1 Å². The van der Waals surface area contributed by atoms with Gasteiger partial charge in [0.25, 0.3) is 0 Å². The molecular formula is C40H67N5O8. The lowest BCUT2D eigenvalue weighted by Crippen LogP contribution is -2.60. The van der Waals surface area contributed by atoms with Crippen molar-refractivity contribution in [2.45, 2.75) is 134 Å². The van der Waals surface area contributed by atoms with Crippen LogP contribution in [-0.4, -0.2) is 122 Å². The van der Waals surface area contributed by atoms with Crippen LogP contribution < -0.4 is 16.4 Å². The van der Waals surface area contributed by atoms with Crippen molar-refractivity contribution in [1.29, 1.82) is 0 Å². The minimum atomic E-state index is -1.07. The zero-order valence-corrected chi connectivity index (χ0v) is 33.9. The van der Waals surface area contributed by atoms with Gasteiger partial charge in [0.15, 0.2) is 0 Å². The summed E-state index contributed by atoms with van der Waals surface area (Å²) in [5.41, 5.74) is 5.24. The van der Waals surface area contributed by atoms with Crippen LogP contribution in [0, 0.1) is 17.8 Å². The summed E-state index contributed by atoms with van der Waals surface area (Å²) >= 11 is 0. The number of nitrogens with one attached hydrogen (secondary N) is 2. The summed E-state index contributed by atoms with van der Waals surface area (Å²) in [6.45, 7) is 13.8. The average molecular weight is 746 g/mol. The van der Waals surface area contributed by atoms with Crippen molar-refractivity contribution in [3.8, 4) is 0 Å². The number of carboxylic acids is 1. The standard InChI is InChI=1S/C21H30N2O4.C19H37N3O4/c1-14(17(27-3)16-10-7-13-23(16)2)19(24)22-18(20(25)26)21(11-12-21)15-8-5-4-6-9-15;1-9-13(4)16(14(26-8)10-11-23)22(7)17(24)15(12(2)3)21-18(25)19(5,6)20/h4-6,8-9,14,16-18H,7,10-13H2,1-3H3,(H,22,24)(H,25,26);11-16H,9-10,20H2,1-8H3,(H,21,25). The fourth-order valence-corrected chi connectivity index (χ4v) is 7.47. The molecule has 1 aromatic carbocycles. The number of amides is 3. The lowest BCUT2D eigenvalue weighted by molar-refractivity contribution is -0.144. The molecule has 3 amide bonds. The fourth-order valence-electron chi connectivity index (χ4n) is 7.47. The first-order chi connectivity index (χ1) is 24.8. The van der Waals surface area contributed by atoms with Gasteiger partial charge in [-0.25, -0.2) is 4.79 Å². The van der Waals surface area contributed by atoms with E-state index in [0.717, 1.165) is 50.5 Å². The first-order valence-corrected chi connectivity index (χ1v) is 19.0. The van der Waals surface area contributed by atoms with Gasteiger partial charge in [0.2, 0.25) is 17.7 Å². The monoisotopic (exact) mass is 745 g/mol. The van der Waals surface area contributed by atoms with Crippen molar-refractivity contribution in [1.82, 2.24) is 20.4 Å². The molecular weight excluding hydrogens is 678 g/mol. The largest absolute Gasteiger partial charge is 0.480 e. The summed E-state index contributed by atoms with van der Waals surface area (Å²) in [4.78, 5) is 65.3. The molecule has 1 aliphatic carbocycles. The lowest BCUT2D eigenvalue weighted by Gasteiger charge is -2.39. The summed E-state index contributed by atoms with van der Waals surface area (Å²) in [7, 11) is 6.91. The second kappa shape index (κ2) is 20.3. The average Bonchev–Trinajstić information content (AvgIpc) is 3.82. The topological polar surface area (TPSA) is 181 Å². The summed E-state index contributed by atoms with van der Waals surface area (Å²) in [5, 5.41) is 15.4. The molecule has 1 aromatic rings. The molecule has 1 aliphatic heterocycles. The molecule has 0 aromatic heterocycles. The van der Waals surface area contributed by atoms with Crippen LogP contribution in [0.3, 0.4) is 0 Å². The Morgan fingerprint density at radius 3 is 2.09 bits per heavy atom. The molecule has 13 heteroatoms. The van der Waals surface area contributed by atoms with Crippen LogP contribution in [0.25, 0.3) is 0 Å². The number of likely N-dealkylation sites (tertiary alicyclic amines) is 1. The highest BCUT2D eigenvalue weighted by Gasteiger charge is 2.55. The number of likely N-dealkylation sites (N-methyl/N-ethyl adjacent to an activating group) is 2. The Labute approximate surface area is 317 Å². The highest BCUT2D eigenvalue weighted by atomic mass is 16.5. The number of ether oxygens (including phenoxy) is 2. The van der Waals surface area contributed by atoms with Gasteiger partial charge in [-0.05, 0) is 70.5 Å². The van der Waals surface area contributed by atoms with Gasteiger partial charge in [-0.2, -0.15) is 0 Å². The van der Waals surface area contributed by atoms with Crippen LogP contribution in [0.1, 0.15) is 92.6 Å². The van der Waals surface area contributed by atoms with E-state index in [1.165, 1.54) is 0 Å². The van der Waals surface area contributed by atoms with Crippen LogP contribution in [-0.2, 0) is 38.9 Å². The number of hydrogen-bond acceptors (Lipinski definition) is 9. The normalized spacial score (nSPS) is 20.7. The smallest absolute Gasteiger partial charge is 0.327 e. The van der Waals surface area contributed by atoms with E-state index in [0.29, 0.717) is 0 Å². The molecule has 53 heavy (non-hydrogen) atoms. The van der Waals surface area contributed by atoms with E-state index in [1.807, 2.05) is 72.0 Å². The van der Waals surface area contributed by atoms with Crippen LogP contribution in [0.2, 0.25) is 0 Å². The molecule has 5 N–H and O–H groups in total. The number of carbonyl (C=O) groups is 5. The minimum Gasteiger partial charge on any atom is -0.480 e. The van der Waals surface area contributed by atoms with Crippen LogP contribution >= 0.6 is 0 Å². The number of aldehydes is 1. The zero-order chi connectivity index (χ0) is 40.3. The van der Waals surface area contributed by atoms with E-state index in [1.54, 1.807) is 40.0 Å². The summed E-state index contributed by atoms with van der Waals surface area (Å²) < 4.78 is 11.2. The maximum absolute atomic E-state index is 13.2. The Hall–Kier alpha value is -3.39. The molecule has 2 fully saturated rings. The molecule has 0 radical (unpaired) electrons. The van der Waals surface area contributed by atoms with E-state index in [2.05, 4.69) is 15.5 Å². The van der Waals surface area contributed by atoms with E-state index >= 15 is 0 Å². The number of carbonyl (C=O) groups excluding carboxylic acids is 4. The van der Waals surface area contributed by atoms with Crippen molar-refractivity contribution in [3.05, 3.63) is 35.9 Å². The Bertz CT molecular complexity index is 1350. The maximum atomic E-state index is 13.2. The van der Waals surface area contributed by atoms with Crippen molar-refractivity contribution < 1.29 is 38.6 Å². The van der Waals surface area contributed by atoms with Gasteiger partial charge < -0.3 is 45.5 Å². The third-order valence-electron chi connectivity index (χ3n) is 11.2. The molecule has 300 valence electrons. The van der Waals surface area contributed by atoms with Crippen LogP contribution in [0.4, 0.5) is 0 Å². The van der Waals surface area contributed by atoms with Crippen LogP contribution in [0.15, 0.2) is 30.3 Å². The highest BCUT2D eigenvalue weighted by Crippen LogP contribution is 2.51. The molecule has 8 unspecified atom stereocenters. The molecule has 8 atom stereocenters. The SMILES string of the molecule is CCC(C)C(C(CC=O)OC)N(C)C(=O)C(NC(=O)C(C)(C)N)C(C)C.COC(C(C)C(=O)NC(C(=O)O)C1(c2ccccc2)CC1)C1CCCN1C. The maximum Gasteiger partial charge on any atom is 0.327 e. The van der Waals surface area contributed by atoms with Gasteiger partial charge in [0, 0.05) is 39.1 Å². The summed E-state index contributed by atoms with van der Waals surface area (Å²) in [5.74, 6) is -2.23. The highest BCUT2D eigenvalue weighted by molar-refractivity contribution is 5.91. The number of carboxylic acid groups (broad SMARTS) is 1. The van der Waals surface area contributed by atoms with E-state index < -0.39 is 41.0 Å². The van der Waals surface area contributed by atoms with Gasteiger partial charge in [0.05, 0.1) is 29.7 Å². The molecule has 2 aliphatic rings. The number of benzene rings is 1. The fraction of sp³-hybridized carbons (Fsp3) is 0.725. The second-order valence-electron chi connectivity index (χ2n) is 15.9.